The number of rotatable bonds is 2. The average molecular weight is 184 g/mol. The van der Waals surface area contributed by atoms with Crippen molar-refractivity contribution in [1.29, 1.82) is 0 Å². The second kappa shape index (κ2) is 2.82. The lowest BCUT2D eigenvalue weighted by molar-refractivity contribution is 0.0683. The van der Waals surface area contributed by atoms with E-state index in [0.29, 0.717) is 11.7 Å². The zero-order valence-corrected chi connectivity index (χ0v) is 7.12. The van der Waals surface area contributed by atoms with Crippen molar-refractivity contribution in [1.82, 2.24) is 9.55 Å². The van der Waals surface area contributed by atoms with E-state index in [1.54, 1.807) is 10.9 Å². The minimum Gasteiger partial charge on any atom is -0.477 e. The monoisotopic (exact) mass is 184 g/mol. The second-order valence-electron chi connectivity index (χ2n) is 2.68. The summed E-state index contributed by atoms with van der Waals surface area (Å²) in [5, 5.41) is 8.76. The molecular formula is C7H8N2O2S. The maximum atomic E-state index is 10.7. The molecule has 0 aliphatic carbocycles. The van der Waals surface area contributed by atoms with E-state index in [1.807, 2.05) is 11.8 Å². The lowest BCUT2D eigenvalue weighted by Gasteiger charge is -2.26. The molecule has 0 amide bonds. The van der Waals surface area contributed by atoms with E-state index in [-0.39, 0.29) is 0 Å². The Labute approximate surface area is 73.6 Å². The number of thioether (sulfide) groups is 1. The number of aromatic nitrogens is 2. The Morgan fingerprint density at radius 3 is 3.00 bits per heavy atom. The topological polar surface area (TPSA) is 55.1 Å². The van der Waals surface area contributed by atoms with Gasteiger partial charge >= 0.3 is 5.97 Å². The van der Waals surface area contributed by atoms with Gasteiger partial charge in [-0.25, -0.2) is 9.78 Å². The highest BCUT2D eigenvalue weighted by molar-refractivity contribution is 8.00. The first-order valence-corrected chi connectivity index (χ1v) is 4.77. The van der Waals surface area contributed by atoms with Gasteiger partial charge in [-0.05, 0) is 0 Å². The normalized spacial score (nSPS) is 17.3. The molecule has 0 radical (unpaired) electrons. The van der Waals surface area contributed by atoms with Crippen LogP contribution in [0.25, 0.3) is 0 Å². The van der Waals surface area contributed by atoms with Gasteiger partial charge in [-0.1, -0.05) is 0 Å². The first kappa shape index (κ1) is 7.67. The molecule has 1 aromatic rings. The molecular weight excluding hydrogens is 176 g/mol. The number of nitrogens with zero attached hydrogens (tertiary/aromatic N) is 2. The van der Waals surface area contributed by atoms with Gasteiger partial charge in [-0.3, -0.25) is 0 Å². The minimum atomic E-state index is -0.899. The van der Waals surface area contributed by atoms with Crippen LogP contribution >= 0.6 is 11.8 Å². The van der Waals surface area contributed by atoms with Gasteiger partial charge in [0.05, 0.1) is 18.6 Å². The first-order chi connectivity index (χ1) is 5.79. The number of hydrogen-bond donors (Lipinski definition) is 1. The van der Waals surface area contributed by atoms with E-state index < -0.39 is 5.97 Å². The average Bonchev–Trinajstić information content (AvgIpc) is 2.31. The molecule has 0 unspecified atom stereocenters. The standard InChI is InChI=1S/C7H8N2O2S/c10-7(11)6-1-8-4-9(6)5-2-12-3-5/h1,4-5H,2-3H2,(H,10,11). The van der Waals surface area contributed by atoms with Crippen LogP contribution in [0.5, 0.6) is 0 Å². The maximum Gasteiger partial charge on any atom is 0.354 e. The molecule has 0 aromatic carbocycles. The van der Waals surface area contributed by atoms with Gasteiger partial charge in [0.1, 0.15) is 5.69 Å². The summed E-state index contributed by atoms with van der Waals surface area (Å²) in [5.41, 5.74) is 0.292. The molecule has 0 saturated carbocycles. The predicted octanol–water partition coefficient (Wildman–Crippen LogP) is 0.869. The fourth-order valence-electron chi connectivity index (χ4n) is 1.15. The second-order valence-corrected chi connectivity index (χ2v) is 3.76. The van der Waals surface area contributed by atoms with E-state index >= 15 is 0 Å². The van der Waals surface area contributed by atoms with E-state index in [9.17, 15) is 4.79 Å². The lowest BCUT2D eigenvalue weighted by Crippen LogP contribution is -2.25. The highest BCUT2D eigenvalue weighted by Gasteiger charge is 2.23. The van der Waals surface area contributed by atoms with Crippen LogP contribution in [0.2, 0.25) is 0 Å². The Morgan fingerprint density at radius 1 is 1.75 bits per heavy atom. The Hall–Kier alpha value is -0.970. The molecule has 1 aliphatic rings. The molecule has 1 aromatic heterocycles. The third kappa shape index (κ3) is 1.10. The van der Waals surface area contributed by atoms with Gasteiger partial charge in [0.2, 0.25) is 0 Å². The van der Waals surface area contributed by atoms with E-state index in [4.69, 9.17) is 5.11 Å². The van der Waals surface area contributed by atoms with E-state index in [0.717, 1.165) is 11.5 Å². The number of imidazole rings is 1. The van der Waals surface area contributed by atoms with Crippen molar-refractivity contribution in [2.24, 2.45) is 0 Å². The molecule has 64 valence electrons. The molecule has 12 heavy (non-hydrogen) atoms. The lowest BCUT2D eigenvalue weighted by atomic mass is 10.3. The molecule has 2 rings (SSSR count). The molecule has 0 spiro atoms. The Morgan fingerprint density at radius 2 is 2.50 bits per heavy atom. The summed E-state index contributed by atoms with van der Waals surface area (Å²) in [6, 6.07) is 0.337. The Bertz CT molecular complexity index is 306. The van der Waals surface area contributed by atoms with Gasteiger partial charge in [-0.15, -0.1) is 0 Å². The van der Waals surface area contributed by atoms with Crippen LogP contribution < -0.4 is 0 Å². The zero-order chi connectivity index (χ0) is 8.55. The first-order valence-electron chi connectivity index (χ1n) is 3.62. The zero-order valence-electron chi connectivity index (χ0n) is 6.30. The fraction of sp³-hybridized carbons (Fsp3) is 0.429. The van der Waals surface area contributed by atoms with Crippen LogP contribution in [0.15, 0.2) is 12.5 Å². The van der Waals surface area contributed by atoms with Crippen LogP contribution in [0.3, 0.4) is 0 Å². The summed E-state index contributed by atoms with van der Waals surface area (Å²) >= 11 is 1.82. The van der Waals surface area contributed by atoms with E-state index in [2.05, 4.69) is 4.98 Å². The summed E-state index contributed by atoms with van der Waals surface area (Å²) in [6.07, 6.45) is 2.99. The third-order valence-corrected chi connectivity index (χ3v) is 3.14. The molecule has 4 nitrogen and oxygen atoms in total. The Kier molecular flexibility index (Phi) is 1.80. The third-order valence-electron chi connectivity index (χ3n) is 1.90. The molecule has 1 saturated heterocycles. The van der Waals surface area contributed by atoms with Crippen LogP contribution in [0, 0.1) is 0 Å². The smallest absolute Gasteiger partial charge is 0.354 e. The van der Waals surface area contributed by atoms with Crippen molar-refractivity contribution >= 4 is 17.7 Å². The summed E-state index contributed by atoms with van der Waals surface area (Å²) in [7, 11) is 0. The van der Waals surface area contributed by atoms with E-state index in [1.165, 1.54) is 6.20 Å². The number of hydrogen-bond acceptors (Lipinski definition) is 3. The molecule has 0 bridgehead atoms. The van der Waals surface area contributed by atoms with Gasteiger partial charge in [0, 0.05) is 11.5 Å². The predicted molar refractivity (Wildman–Crippen MR) is 45.5 cm³/mol. The van der Waals surface area contributed by atoms with Crippen molar-refractivity contribution in [3.05, 3.63) is 18.2 Å². The van der Waals surface area contributed by atoms with Crippen LogP contribution in [0.4, 0.5) is 0 Å². The fourth-order valence-corrected chi connectivity index (χ4v) is 1.91. The number of carbonyl (C=O) groups is 1. The largest absolute Gasteiger partial charge is 0.477 e. The van der Waals surface area contributed by atoms with Crippen molar-refractivity contribution in [3.8, 4) is 0 Å². The number of carboxylic acids is 1. The summed E-state index contributed by atoms with van der Waals surface area (Å²) < 4.78 is 1.73. The summed E-state index contributed by atoms with van der Waals surface area (Å²) in [6.45, 7) is 0. The van der Waals surface area contributed by atoms with Crippen LogP contribution in [-0.2, 0) is 0 Å². The van der Waals surface area contributed by atoms with Crippen molar-refractivity contribution in [3.63, 3.8) is 0 Å². The minimum absolute atomic E-state index is 0.292. The molecule has 0 atom stereocenters. The van der Waals surface area contributed by atoms with Crippen molar-refractivity contribution in [2.75, 3.05) is 11.5 Å². The number of carboxylic acid groups (broad SMARTS) is 1. The van der Waals surface area contributed by atoms with Gasteiger partial charge in [0.15, 0.2) is 0 Å². The summed E-state index contributed by atoms with van der Waals surface area (Å²) in [5.74, 6) is 1.09. The highest BCUT2D eigenvalue weighted by atomic mass is 32.2. The van der Waals surface area contributed by atoms with Gasteiger partial charge in [0.25, 0.3) is 0 Å². The molecule has 1 N–H and O–H groups in total. The van der Waals surface area contributed by atoms with Gasteiger partial charge < -0.3 is 9.67 Å². The molecule has 2 heterocycles. The highest BCUT2D eigenvalue weighted by Crippen LogP contribution is 2.29. The summed E-state index contributed by atoms with van der Waals surface area (Å²) in [4.78, 5) is 14.5. The molecule has 1 fully saturated rings. The van der Waals surface area contributed by atoms with Gasteiger partial charge in [-0.2, -0.15) is 11.8 Å². The Balaban J connectivity index is 2.29. The SMILES string of the molecule is O=C(O)c1cncn1C1CSC1. The van der Waals surface area contributed by atoms with Crippen molar-refractivity contribution < 1.29 is 9.90 Å². The maximum absolute atomic E-state index is 10.7. The quantitative estimate of drug-likeness (QED) is 0.741. The molecule has 5 heteroatoms. The van der Waals surface area contributed by atoms with Crippen LogP contribution in [0.1, 0.15) is 16.5 Å². The molecule has 1 aliphatic heterocycles. The number of aromatic carboxylic acids is 1. The van der Waals surface area contributed by atoms with Crippen molar-refractivity contribution in [2.45, 2.75) is 6.04 Å². The van der Waals surface area contributed by atoms with Crippen LogP contribution in [-0.4, -0.2) is 32.1 Å².